The average molecular weight is 489 g/mol. The number of hydrogen-bond acceptors (Lipinski definition) is 7. The number of rotatable bonds is 6. The number of amides is 1. The van der Waals surface area contributed by atoms with Crippen LogP contribution in [0.4, 0.5) is 10.1 Å². The number of thioether (sulfide) groups is 1. The summed E-state index contributed by atoms with van der Waals surface area (Å²) in [5.74, 6) is -0.226. The minimum Gasteiger partial charge on any atom is -0.409 e. The Morgan fingerprint density at radius 2 is 1.87 bits per heavy atom. The second kappa shape index (κ2) is 8.76. The van der Waals surface area contributed by atoms with Gasteiger partial charge in [0.2, 0.25) is 5.91 Å². The Kier molecular flexibility index (Phi) is 5.91. The van der Waals surface area contributed by atoms with Crippen LogP contribution in [0.5, 0.6) is 0 Å². The van der Waals surface area contributed by atoms with Gasteiger partial charge in [-0.1, -0.05) is 32.9 Å². The van der Waals surface area contributed by atoms with Gasteiger partial charge in [0.25, 0.3) is 11.1 Å². The molecule has 30 heavy (non-hydrogen) atoms. The molecule has 0 saturated carbocycles. The van der Waals surface area contributed by atoms with Gasteiger partial charge in [0.05, 0.1) is 17.1 Å². The fourth-order valence-corrected chi connectivity index (χ4v) is 3.40. The highest BCUT2D eigenvalue weighted by atomic mass is 79.9. The van der Waals surface area contributed by atoms with Gasteiger partial charge < -0.3 is 9.73 Å². The van der Waals surface area contributed by atoms with Gasteiger partial charge in [0.15, 0.2) is 5.69 Å². The molecule has 1 amide bonds. The lowest BCUT2D eigenvalue weighted by Crippen LogP contribution is -2.13. The molecule has 0 aliphatic rings. The number of hydrogen-bond donors (Lipinski definition) is 1. The van der Waals surface area contributed by atoms with Crippen LogP contribution in [0.3, 0.4) is 0 Å². The van der Waals surface area contributed by atoms with Crippen molar-refractivity contribution in [1.29, 1.82) is 0 Å². The minimum atomic E-state index is -0.334. The van der Waals surface area contributed by atoms with Crippen LogP contribution in [0.15, 0.2) is 62.6 Å². The van der Waals surface area contributed by atoms with E-state index in [1.54, 1.807) is 35.9 Å². The van der Waals surface area contributed by atoms with Crippen LogP contribution in [-0.2, 0) is 4.79 Å². The summed E-state index contributed by atoms with van der Waals surface area (Å²) < 4.78 is 21.2. The lowest BCUT2D eigenvalue weighted by molar-refractivity contribution is -0.113. The number of benzene rings is 2. The van der Waals surface area contributed by atoms with Crippen molar-refractivity contribution in [2.45, 2.75) is 12.1 Å². The van der Waals surface area contributed by atoms with Gasteiger partial charge in [-0.3, -0.25) is 4.79 Å². The van der Waals surface area contributed by atoms with E-state index in [0.717, 1.165) is 16.2 Å². The fraction of sp³-hybridized carbons (Fsp3) is 0.105. The van der Waals surface area contributed by atoms with E-state index in [0.29, 0.717) is 22.8 Å². The first-order valence-electron chi connectivity index (χ1n) is 8.70. The maximum Gasteiger partial charge on any atom is 0.277 e. The summed E-state index contributed by atoms with van der Waals surface area (Å²) in [5.41, 5.74) is 2.43. The van der Waals surface area contributed by atoms with Crippen molar-refractivity contribution >= 4 is 39.3 Å². The van der Waals surface area contributed by atoms with Crippen molar-refractivity contribution in [1.82, 2.24) is 25.2 Å². The van der Waals surface area contributed by atoms with Crippen LogP contribution in [-0.4, -0.2) is 36.9 Å². The molecule has 0 atom stereocenters. The predicted octanol–water partition coefficient (Wildman–Crippen LogP) is 4.26. The molecule has 0 unspecified atom stereocenters. The highest BCUT2D eigenvalue weighted by molar-refractivity contribution is 9.10. The van der Waals surface area contributed by atoms with Crippen LogP contribution < -0.4 is 5.32 Å². The topological polar surface area (TPSA) is 98.7 Å². The average Bonchev–Trinajstić information content (AvgIpc) is 3.35. The molecular weight excluding hydrogens is 475 g/mol. The van der Waals surface area contributed by atoms with Gasteiger partial charge in [-0.05, 0) is 55.5 Å². The molecule has 11 heteroatoms. The van der Waals surface area contributed by atoms with Gasteiger partial charge in [0, 0.05) is 10.2 Å². The van der Waals surface area contributed by atoms with E-state index in [-0.39, 0.29) is 28.6 Å². The Hall–Kier alpha value is -3.05. The van der Waals surface area contributed by atoms with Gasteiger partial charge in [0.1, 0.15) is 5.82 Å². The molecule has 0 aliphatic heterocycles. The molecule has 0 saturated heterocycles. The summed E-state index contributed by atoms with van der Waals surface area (Å²) >= 11 is 4.47. The zero-order chi connectivity index (χ0) is 21.1. The molecule has 2 aromatic heterocycles. The number of carbonyl (C=O) groups is 1. The van der Waals surface area contributed by atoms with Crippen LogP contribution in [0.1, 0.15) is 5.69 Å². The number of halogens is 2. The molecule has 152 valence electrons. The lowest BCUT2D eigenvalue weighted by atomic mass is 10.3. The Labute approximate surface area is 183 Å². The Balaban J connectivity index is 1.41. The first kappa shape index (κ1) is 20.2. The molecule has 0 bridgehead atoms. The highest BCUT2D eigenvalue weighted by Crippen LogP contribution is 2.25. The fourth-order valence-electron chi connectivity index (χ4n) is 2.58. The van der Waals surface area contributed by atoms with E-state index in [9.17, 15) is 9.18 Å². The SMILES string of the molecule is Cc1c(-c2nnc(SCC(=O)Nc3ccc(Br)cc3)o2)nnn1-c1ccc(F)cc1. The first-order chi connectivity index (χ1) is 14.5. The van der Waals surface area contributed by atoms with Crippen molar-refractivity contribution in [3.8, 4) is 17.3 Å². The van der Waals surface area contributed by atoms with Crippen molar-refractivity contribution < 1.29 is 13.6 Å². The molecule has 0 spiro atoms. The zero-order valence-electron chi connectivity index (χ0n) is 15.5. The third-order valence-electron chi connectivity index (χ3n) is 4.03. The molecule has 1 N–H and O–H groups in total. The summed E-state index contributed by atoms with van der Waals surface area (Å²) in [6.07, 6.45) is 0. The van der Waals surface area contributed by atoms with Crippen LogP contribution in [0.2, 0.25) is 0 Å². The van der Waals surface area contributed by atoms with Crippen LogP contribution in [0.25, 0.3) is 17.3 Å². The van der Waals surface area contributed by atoms with E-state index in [1.807, 2.05) is 12.1 Å². The molecule has 4 aromatic rings. The molecule has 8 nitrogen and oxygen atoms in total. The van der Waals surface area contributed by atoms with Gasteiger partial charge in [-0.25, -0.2) is 9.07 Å². The highest BCUT2D eigenvalue weighted by Gasteiger charge is 2.19. The standard InChI is InChI=1S/C19H14BrFN6O2S/c1-11-17(23-26-27(11)15-8-4-13(21)5-9-15)18-24-25-19(29-18)30-10-16(28)22-14-6-2-12(20)3-7-14/h2-9H,10H2,1H3,(H,22,28). The molecular formula is C19H14BrFN6O2S. The van der Waals surface area contributed by atoms with Crippen LogP contribution in [0, 0.1) is 12.7 Å². The monoisotopic (exact) mass is 488 g/mol. The molecule has 4 rings (SSSR count). The molecule has 0 radical (unpaired) electrons. The number of anilines is 1. The summed E-state index contributed by atoms with van der Waals surface area (Å²) in [6.45, 7) is 1.79. The van der Waals surface area contributed by atoms with Crippen molar-refractivity contribution in [3.05, 3.63) is 64.5 Å². The molecule has 2 heterocycles. The predicted molar refractivity (Wildman–Crippen MR) is 113 cm³/mol. The van der Waals surface area contributed by atoms with Gasteiger partial charge in [-0.2, -0.15) is 0 Å². The second-order valence-electron chi connectivity index (χ2n) is 6.13. The maximum atomic E-state index is 13.1. The van der Waals surface area contributed by atoms with Crippen molar-refractivity contribution in [3.63, 3.8) is 0 Å². The van der Waals surface area contributed by atoms with Gasteiger partial charge >= 0.3 is 0 Å². The quantitative estimate of drug-likeness (QED) is 0.404. The van der Waals surface area contributed by atoms with Crippen molar-refractivity contribution in [2.75, 3.05) is 11.1 Å². The van der Waals surface area contributed by atoms with Crippen LogP contribution >= 0.6 is 27.7 Å². The summed E-state index contributed by atoms with van der Waals surface area (Å²) in [6, 6.07) is 13.2. The molecule has 0 fully saturated rings. The third-order valence-corrected chi connectivity index (χ3v) is 5.38. The number of aromatic nitrogens is 5. The van der Waals surface area contributed by atoms with E-state index in [1.165, 1.54) is 12.1 Å². The minimum absolute atomic E-state index is 0.110. The van der Waals surface area contributed by atoms with E-state index in [2.05, 4.69) is 41.8 Å². The lowest BCUT2D eigenvalue weighted by Gasteiger charge is -2.03. The Morgan fingerprint density at radius 3 is 2.60 bits per heavy atom. The number of carbonyl (C=O) groups excluding carboxylic acids is 1. The summed E-state index contributed by atoms with van der Waals surface area (Å²) in [4.78, 5) is 12.1. The normalized spacial score (nSPS) is 10.9. The Bertz CT molecular complexity index is 1180. The number of nitrogens with one attached hydrogen (secondary N) is 1. The van der Waals surface area contributed by atoms with E-state index >= 15 is 0 Å². The third kappa shape index (κ3) is 4.57. The largest absolute Gasteiger partial charge is 0.409 e. The second-order valence-corrected chi connectivity index (χ2v) is 7.97. The Morgan fingerprint density at radius 1 is 1.13 bits per heavy atom. The van der Waals surface area contributed by atoms with Gasteiger partial charge in [-0.15, -0.1) is 15.3 Å². The molecule has 0 aliphatic carbocycles. The summed E-state index contributed by atoms with van der Waals surface area (Å²) in [5, 5.41) is 19.1. The first-order valence-corrected chi connectivity index (χ1v) is 10.5. The summed E-state index contributed by atoms with van der Waals surface area (Å²) in [7, 11) is 0. The smallest absolute Gasteiger partial charge is 0.277 e. The number of nitrogens with zero attached hydrogens (tertiary/aromatic N) is 5. The maximum absolute atomic E-state index is 13.1. The van der Waals surface area contributed by atoms with Crippen molar-refractivity contribution in [2.24, 2.45) is 0 Å². The molecule has 2 aromatic carbocycles. The van der Waals surface area contributed by atoms with E-state index in [4.69, 9.17) is 4.42 Å². The zero-order valence-corrected chi connectivity index (χ0v) is 17.9. The van der Waals surface area contributed by atoms with E-state index < -0.39 is 0 Å².